The normalized spacial score (nSPS) is 25.0. The minimum absolute atomic E-state index is 0.00141. The molecule has 4 rings (SSSR count). The van der Waals surface area contributed by atoms with E-state index in [0.717, 1.165) is 39.1 Å². The van der Waals surface area contributed by atoms with Gasteiger partial charge in [-0.2, -0.15) is 0 Å². The Morgan fingerprint density at radius 3 is 2.54 bits per heavy atom. The van der Waals surface area contributed by atoms with Gasteiger partial charge in [-0.1, -0.05) is 31.7 Å². The van der Waals surface area contributed by atoms with Crippen LogP contribution in [0.15, 0.2) is 18.2 Å². The van der Waals surface area contributed by atoms with Gasteiger partial charge in [0.1, 0.15) is 11.6 Å². The number of carbonyl (C=O) groups excluding carboxylic acids is 2. The van der Waals surface area contributed by atoms with Crippen LogP contribution >= 0.6 is 0 Å². The molecule has 2 heterocycles. The van der Waals surface area contributed by atoms with Crippen LogP contribution in [0.4, 0.5) is 4.39 Å². The summed E-state index contributed by atoms with van der Waals surface area (Å²) in [5, 5.41) is 6.30. The predicted molar refractivity (Wildman–Crippen MR) is 132 cm³/mol. The van der Waals surface area contributed by atoms with Crippen LogP contribution in [-0.4, -0.2) is 67.7 Å². The molecule has 0 radical (unpaired) electrons. The van der Waals surface area contributed by atoms with E-state index in [1.807, 2.05) is 0 Å². The lowest BCUT2D eigenvalue weighted by Gasteiger charge is -2.46. The molecule has 35 heavy (non-hydrogen) atoms. The number of ether oxygens (including phenoxy) is 2. The van der Waals surface area contributed by atoms with E-state index in [4.69, 9.17) is 9.47 Å². The zero-order valence-electron chi connectivity index (χ0n) is 21.0. The van der Waals surface area contributed by atoms with E-state index >= 15 is 0 Å². The van der Waals surface area contributed by atoms with Crippen LogP contribution in [0.3, 0.4) is 0 Å². The van der Waals surface area contributed by atoms with E-state index in [2.05, 4.69) is 15.5 Å². The maximum absolute atomic E-state index is 14.6. The average molecular weight is 490 g/mol. The summed E-state index contributed by atoms with van der Waals surface area (Å²) in [5.41, 5.74) is -0.0756. The molecule has 0 aromatic heterocycles. The zero-order valence-corrected chi connectivity index (χ0v) is 21.0. The molecule has 1 aliphatic carbocycles. The van der Waals surface area contributed by atoms with E-state index in [-0.39, 0.29) is 23.2 Å². The number of nitrogens with zero attached hydrogens (tertiary/aromatic N) is 1. The van der Waals surface area contributed by atoms with Crippen molar-refractivity contribution in [3.8, 4) is 5.75 Å². The van der Waals surface area contributed by atoms with Gasteiger partial charge in [0.2, 0.25) is 11.8 Å². The first kappa shape index (κ1) is 25.9. The summed E-state index contributed by atoms with van der Waals surface area (Å²) in [5.74, 6) is 0.0691. The van der Waals surface area contributed by atoms with Crippen LogP contribution in [0, 0.1) is 5.82 Å². The van der Waals surface area contributed by atoms with Gasteiger partial charge < -0.3 is 20.1 Å². The third kappa shape index (κ3) is 6.53. The Morgan fingerprint density at radius 1 is 1.17 bits per heavy atom. The van der Waals surface area contributed by atoms with Crippen LogP contribution in [0.25, 0.3) is 0 Å². The Hall–Kier alpha value is -2.19. The highest BCUT2D eigenvalue weighted by Crippen LogP contribution is 2.34. The lowest BCUT2D eigenvalue weighted by atomic mass is 9.84. The molecule has 194 valence electrons. The van der Waals surface area contributed by atoms with Crippen molar-refractivity contribution in [3.63, 3.8) is 0 Å². The van der Waals surface area contributed by atoms with Crippen molar-refractivity contribution in [2.24, 2.45) is 0 Å². The molecule has 8 heteroatoms. The van der Waals surface area contributed by atoms with E-state index < -0.39 is 5.54 Å². The third-order valence-corrected chi connectivity index (χ3v) is 8.19. The second kappa shape index (κ2) is 11.7. The molecule has 0 spiro atoms. The maximum atomic E-state index is 14.6. The summed E-state index contributed by atoms with van der Waals surface area (Å²) >= 11 is 0. The van der Waals surface area contributed by atoms with Gasteiger partial charge in [-0.15, -0.1) is 0 Å². The van der Waals surface area contributed by atoms with Gasteiger partial charge in [0, 0.05) is 49.6 Å². The average Bonchev–Trinajstić information content (AvgIpc) is 3.08. The third-order valence-electron chi connectivity index (χ3n) is 8.19. The molecular formula is C27H40FN3O4. The highest BCUT2D eigenvalue weighted by atomic mass is 19.1. The summed E-state index contributed by atoms with van der Waals surface area (Å²) in [7, 11) is 1.50. The molecular weight excluding hydrogens is 449 g/mol. The van der Waals surface area contributed by atoms with Crippen LogP contribution in [0.2, 0.25) is 0 Å². The summed E-state index contributed by atoms with van der Waals surface area (Å²) < 4.78 is 25.3. The summed E-state index contributed by atoms with van der Waals surface area (Å²) in [6.07, 6.45) is 9.24. The topological polar surface area (TPSA) is 79.9 Å². The van der Waals surface area contributed by atoms with Gasteiger partial charge in [-0.3, -0.25) is 14.5 Å². The van der Waals surface area contributed by atoms with Crippen LogP contribution in [0.5, 0.6) is 5.75 Å². The van der Waals surface area contributed by atoms with Gasteiger partial charge in [0.05, 0.1) is 20.3 Å². The van der Waals surface area contributed by atoms with Crippen molar-refractivity contribution in [2.45, 2.75) is 81.7 Å². The van der Waals surface area contributed by atoms with E-state index in [9.17, 15) is 14.0 Å². The smallest absolute Gasteiger partial charge is 0.220 e. The van der Waals surface area contributed by atoms with Crippen molar-refractivity contribution >= 4 is 11.8 Å². The molecule has 2 aliphatic heterocycles. The number of halogens is 1. The molecule has 2 N–H and O–H groups in total. The molecule has 3 aliphatic rings. The molecule has 3 fully saturated rings. The van der Waals surface area contributed by atoms with E-state index in [0.29, 0.717) is 50.0 Å². The highest BCUT2D eigenvalue weighted by molar-refractivity contribution is 5.80. The fraction of sp³-hybridized carbons (Fsp3) is 0.704. The summed E-state index contributed by atoms with van der Waals surface area (Å²) in [4.78, 5) is 27.7. The molecule has 1 unspecified atom stereocenters. The van der Waals surface area contributed by atoms with Crippen LogP contribution < -0.4 is 15.4 Å². The molecule has 1 saturated carbocycles. The van der Waals surface area contributed by atoms with E-state index in [1.165, 1.54) is 38.9 Å². The Balaban J connectivity index is 1.38. The molecule has 7 nitrogen and oxygen atoms in total. The molecule has 0 bridgehead atoms. The predicted octanol–water partition coefficient (Wildman–Crippen LogP) is 3.35. The number of rotatable bonds is 9. The number of amides is 2. The number of nitrogens with one attached hydrogen (secondary N) is 2. The van der Waals surface area contributed by atoms with Gasteiger partial charge >= 0.3 is 0 Å². The summed E-state index contributed by atoms with van der Waals surface area (Å²) in [6.45, 7) is 3.98. The first-order chi connectivity index (χ1) is 16.9. The van der Waals surface area contributed by atoms with Gasteiger partial charge in [0.15, 0.2) is 0 Å². The number of hydrogen-bond acceptors (Lipinski definition) is 5. The number of hydrogen-bond donors (Lipinski definition) is 2. The van der Waals surface area contributed by atoms with Crippen molar-refractivity contribution in [1.82, 2.24) is 15.5 Å². The quantitative estimate of drug-likeness (QED) is 0.520. The second-order valence-corrected chi connectivity index (χ2v) is 10.5. The minimum atomic E-state index is -0.603. The van der Waals surface area contributed by atoms with Gasteiger partial charge in [0.25, 0.3) is 0 Å². The molecule has 2 saturated heterocycles. The highest BCUT2D eigenvalue weighted by Gasteiger charge is 2.40. The van der Waals surface area contributed by atoms with Crippen molar-refractivity contribution < 1.29 is 23.5 Å². The Bertz CT molecular complexity index is 881. The van der Waals surface area contributed by atoms with Gasteiger partial charge in [-0.25, -0.2) is 4.39 Å². The van der Waals surface area contributed by atoms with Crippen molar-refractivity contribution in [1.29, 1.82) is 0 Å². The standard InChI is InChI=1S/C27H40FN3O4/c1-34-22-7-6-21(23(28)18-22)19-26(13-9-25(33)30-26)12-8-24(32)29-20-27(10-4-2-3-5-11-27)31-14-16-35-17-15-31/h6-7,18H,2-5,8-17,19-20H2,1H3,(H,29,32)(H,30,33). The first-order valence-corrected chi connectivity index (χ1v) is 13.2. The number of carbonyl (C=O) groups is 2. The minimum Gasteiger partial charge on any atom is -0.497 e. The zero-order chi connectivity index (χ0) is 24.7. The van der Waals surface area contributed by atoms with Crippen LogP contribution in [0.1, 0.15) is 69.8 Å². The Kier molecular flexibility index (Phi) is 8.65. The first-order valence-electron chi connectivity index (χ1n) is 13.2. The number of methoxy groups -OCH3 is 1. The fourth-order valence-electron chi connectivity index (χ4n) is 6.08. The molecule has 1 aromatic carbocycles. The molecule has 1 atom stereocenters. The maximum Gasteiger partial charge on any atom is 0.220 e. The number of morpholine rings is 1. The monoisotopic (exact) mass is 489 g/mol. The van der Waals surface area contributed by atoms with Crippen LogP contribution in [-0.2, 0) is 20.7 Å². The second-order valence-electron chi connectivity index (χ2n) is 10.5. The van der Waals surface area contributed by atoms with E-state index in [1.54, 1.807) is 12.1 Å². The summed E-state index contributed by atoms with van der Waals surface area (Å²) in [6, 6.07) is 4.80. The largest absolute Gasteiger partial charge is 0.497 e. The fourth-order valence-corrected chi connectivity index (χ4v) is 6.08. The Labute approximate surface area is 208 Å². The molecule has 1 aromatic rings. The lowest BCUT2D eigenvalue weighted by Crippen LogP contribution is -2.58. The molecule has 2 amide bonds. The SMILES string of the molecule is COc1ccc(CC2(CCC(=O)NCC3(N4CCOCC4)CCCCCC3)CCC(=O)N2)c(F)c1. The van der Waals surface area contributed by atoms with Crippen molar-refractivity contribution in [3.05, 3.63) is 29.6 Å². The lowest BCUT2D eigenvalue weighted by molar-refractivity contribution is -0.123. The number of benzene rings is 1. The van der Waals surface area contributed by atoms with Gasteiger partial charge in [-0.05, 0) is 43.7 Å². The van der Waals surface area contributed by atoms with Crippen molar-refractivity contribution in [2.75, 3.05) is 40.0 Å². The Morgan fingerprint density at radius 2 is 1.91 bits per heavy atom.